The quantitative estimate of drug-likeness (QED) is 0.246. The lowest BCUT2D eigenvalue weighted by atomic mass is 9.84. The van der Waals surface area contributed by atoms with Crippen LogP contribution in [0.15, 0.2) is 92.6 Å². The predicted octanol–water partition coefficient (Wildman–Crippen LogP) is 5.35. The molecule has 0 atom stereocenters. The van der Waals surface area contributed by atoms with Gasteiger partial charge in [-0.25, -0.2) is 59.8 Å². The normalized spacial score (nSPS) is 11.0. The van der Waals surface area contributed by atoms with Gasteiger partial charge in [0, 0.05) is 16.7 Å². The van der Waals surface area contributed by atoms with Crippen LogP contribution in [0, 0.1) is 20.8 Å². The Kier molecular flexibility index (Phi) is 7.20. The van der Waals surface area contributed by atoms with Crippen LogP contribution in [-0.4, -0.2) is 59.8 Å². The lowest BCUT2D eigenvalue weighted by Gasteiger charge is -2.22. The van der Waals surface area contributed by atoms with Gasteiger partial charge >= 0.3 is 0 Å². The Labute approximate surface area is 258 Å². The molecule has 0 bridgehead atoms. The van der Waals surface area contributed by atoms with Crippen molar-refractivity contribution in [1.29, 1.82) is 0 Å². The molecular weight excluding hydrogens is 564 g/mol. The first-order valence-electron chi connectivity index (χ1n) is 14.0. The highest BCUT2D eigenvalue weighted by molar-refractivity contribution is 5.90. The lowest BCUT2D eigenvalue weighted by molar-refractivity contribution is 1.04. The van der Waals surface area contributed by atoms with Crippen molar-refractivity contribution >= 4 is 0 Å². The van der Waals surface area contributed by atoms with Gasteiger partial charge in [0.1, 0.15) is 55.0 Å². The van der Waals surface area contributed by atoms with Crippen molar-refractivity contribution in [2.24, 2.45) is 0 Å². The van der Waals surface area contributed by atoms with Gasteiger partial charge in [-0.2, -0.15) is 0 Å². The molecule has 0 aliphatic heterocycles. The standard InChI is InChI=1S/C33H24N12/c1-19-28(22-7-4-10-25(43-22)31-37-13-34-14-38-31)20(2)30(24-9-6-12-27(45-24)33-41-17-36-18-42-33)21(3)29(19)23-8-5-11-26(44-23)32-39-15-35-16-40-32/h4-18H,1-3H3. The summed E-state index contributed by atoms with van der Waals surface area (Å²) in [5.74, 6) is 1.48. The average molecular weight is 589 g/mol. The number of benzene rings is 1. The third kappa shape index (κ3) is 5.25. The summed E-state index contributed by atoms with van der Waals surface area (Å²) in [6.45, 7) is 6.28. The molecule has 0 fully saturated rings. The molecule has 6 heterocycles. The van der Waals surface area contributed by atoms with E-state index in [0.29, 0.717) is 34.6 Å². The highest BCUT2D eigenvalue weighted by Gasteiger charge is 2.23. The summed E-state index contributed by atoms with van der Waals surface area (Å²) in [7, 11) is 0. The van der Waals surface area contributed by atoms with Crippen LogP contribution in [-0.2, 0) is 0 Å². The van der Waals surface area contributed by atoms with Crippen molar-refractivity contribution in [1.82, 2.24) is 59.8 Å². The number of nitrogens with zero attached hydrogens (tertiary/aromatic N) is 12. The summed E-state index contributed by atoms with van der Waals surface area (Å²) in [5, 5.41) is 0. The Morgan fingerprint density at radius 3 is 0.844 bits per heavy atom. The van der Waals surface area contributed by atoms with Gasteiger partial charge in [0.05, 0.1) is 17.1 Å². The zero-order chi connectivity index (χ0) is 30.8. The van der Waals surface area contributed by atoms with Crippen molar-refractivity contribution in [2.75, 3.05) is 0 Å². The molecule has 12 heteroatoms. The SMILES string of the molecule is Cc1c(-c2cccc(-c3ncncn3)n2)c(C)c(-c2cccc(-c3ncncn3)n2)c(C)c1-c1cccc(-c2ncncn2)n1. The zero-order valence-corrected chi connectivity index (χ0v) is 24.5. The maximum Gasteiger partial charge on any atom is 0.181 e. The fraction of sp³-hybridized carbons (Fsp3) is 0.0909. The number of hydrogen-bond donors (Lipinski definition) is 0. The minimum atomic E-state index is 0.494. The number of aromatic nitrogens is 12. The van der Waals surface area contributed by atoms with Gasteiger partial charge in [-0.1, -0.05) is 18.2 Å². The van der Waals surface area contributed by atoms with Crippen LogP contribution in [0.2, 0.25) is 0 Å². The van der Waals surface area contributed by atoms with E-state index in [1.54, 1.807) is 0 Å². The average Bonchev–Trinajstić information content (AvgIpc) is 3.10. The summed E-state index contributed by atoms with van der Waals surface area (Å²) < 4.78 is 0. The molecule has 6 aromatic heterocycles. The van der Waals surface area contributed by atoms with Crippen molar-refractivity contribution in [3.05, 3.63) is 109 Å². The lowest BCUT2D eigenvalue weighted by Crippen LogP contribution is -2.04. The summed E-state index contributed by atoms with van der Waals surface area (Å²) in [4.78, 5) is 52.8. The van der Waals surface area contributed by atoms with Gasteiger partial charge in [-0.05, 0) is 73.9 Å². The minimum Gasteiger partial charge on any atom is -0.244 e. The molecule has 0 amide bonds. The molecule has 12 nitrogen and oxygen atoms in total. The van der Waals surface area contributed by atoms with Crippen LogP contribution in [0.4, 0.5) is 0 Å². The second kappa shape index (κ2) is 11.8. The molecule has 7 aromatic rings. The second-order valence-corrected chi connectivity index (χ2v) is 10.1. The topological polar surface area (TPSA) is 155 Å². The van der Waals surface area contributed by atoms with Crippen LogP contribution < -0.4 is 0 Å². The smallest absolute Gasteiger partial charge is 0.181 e. The van der Waals surface area contributed by atoms with Gasteiger partial charge in [0.15, 0.2) is 17.5 Å². The van der Waals surface area contributed by atoms with Gasteiger partial charge in [-0.15, -0.1) is 0 Å². The Balaban J connectivity index is 1.49. The largest absolute Gasteiger partial charge is 0.244 e. The van der Waals surface area contributed by atoms with E-state index in [-0.39, 0.29) is 0 Å². The summed E-state index contributed by atoms with van der Waals surface area (Å²) in [6, 6.07) is 17.5. The zero-order valence-electron chi connectivity index (χ0n) is 24.5. The first kappa shape index (κ1) is 27.5. The molecule has 0 saturated heterocycles. The fourth-order valence-electron chi connectivity index (χ4n) is 5.58. The van der Waals surface area contributed by atoms with Crippen molar-refractivity contribution in [3.63, 3.8) is 0 Å². The molecule has 0 N–H and O–H groups in total. The van der Waals surface area contributed by atoms with Gasteiger partial charge in [0.2, 0.25) is 0 Å². The molecule has 0 spiro atoms. The fourth-order valence-corrected chi connectivity index (χ4v) is 5.58. The number of rotatable bonds is 6. The summed E-state index contributed by atoms with van der Waals surface area (Å²) in [6.07, 6.45) is 8.78. The first-order chi connectivity index (χ1) is 22.1. The summed E-state index contributed by atoms with van der Waals surface area (Å²) in [5.41, 5.74) is 10.2. The maximum atomic E-state index is 5.02. The van der Waals surface area contributed by atoms with E-state index in [2.05, 4.69) is 65.6 Å². The molecule has 0 unspecified atom stereocenters. The number of pyridine rings is 3. The Morgan fingerprint density at radius 2 is 0.578 bits per heavy atom. The Hall–Kier alpha value is -6.30. The highest BCUT2D eigenvalue weighted by Crippen LogP contribution is 2.43. The molecular formula is C33H24N12. The van der Waals surface area contributed by atoms with Crippen LogP contribution in [0.25, 0.3) is 68.3 Å². The molecule has 0 aliphatic rings. The molecule has 0 aliphatic carbocycles. The Morgan fingerprint density at radius 1 is 0.333 bits per heavy atom. The highest BCUT2D eigenvalue weighted by atomic mass is 15.0. The van der Waals surface area contributed by atoms with Crippen LogP contribution >= 0.6 is 0 Å². The van der Waals surface area contributed by atoms with E-state index in [1.807, 2.05) is 54.6 Å². The third-order valence-electron chi connectivity index (χ3n) is 7.43. The van der Waals surface area contributed by atoms with Gasteiger partial charge < -0.3 is 0 Å². The van der Waals surface area contributed by atoms with E-state index >= 15 is 0 Å². The van der Waals surface area contributed by atoms with E-state index in [9.17, 15) is 0 Å². The summed E-state index contributed by atoms with van der Waals surface area (Å²) >= 11 is 0. The van der Waals surface area contributed by atoms with Gasteiger partial charge in [0.25, 0.3) is 0 Å². The third-order valence-corrected chi connectivity index (χ3v) is 7.43. The van der Waals surface area contributed by atoms with Crippen LogP contribution in [0.1, 0.15) is 16.7 Å². The molecule has 1 aromatic carbocycles. The maximum absolute atomic E-state index is 5.02. The monoisotopic (exact) mass is 588 g/mol. The van der Waals surface area contributed by atoms with E-state index in [0.717, 1.165) is 50.5 Å². The van der Waals surface area contributed by atoms with E-state index < -0.39 is 0 Å². The minimum absolute atomic E-state index is 0.494. The second-order valence-electron chi connectivity index (χ2n) is 10.1. The molecule has 0 saturated carbocycles. The van der Waals surface area contributed by atoms with E-state index in [1.165, 1.54) is 38.0 Å². The molecule has 45 heavy (non-hydrogen) atoms. The van der Waals surface area contributed by atoms with E-state index in [4.69, 9.17) is 15.0 Å². The van der Waals surface area contributed by atoms with Crippen LogP contribution in [0.5, 0.6) is 0 Å². The molecule has 7 rings (SSSR count). The van der Waals surface area contributed by atoms with Crippen molar-refractivity contribution in [2.45, 2.75) is 20.8 Å². The predicted molar refractivity (Wildman–Crippen MR) is 167 cm³/mol. The van der Waals surface area contributed by atoms with Gasteiger partial charge in [-0.3, -0.25) is 0 Å². The number of hydrogen-bond acceptors (Lipinski definition) is 12. The van der Waals surface area contributed by atoms with Crippen LogP contribution in [0.3, 0.4) is 0 Å². The molecule has 0 radical (unpaired) electrons. The molecule has 216 valence electrons. The Bertz CT molecular complexity index is 1870. The first-order valence-corrected chi connectivity index (χ1v) is 14.0. The van der Waals surface area contributed by atoms with Crippen molar-refractivity contribution < 1.29 is 0 Å². The van der Waals surface area contributed by atoms with Crippen molar-refractivity contribution in [3.8, 4) is 68.3 Å².